The van der Waals surface area contributed by atoms with Gasteiger partial charge in [-0.05, 0) is 51.4 Å². The Hall–Kier alpha value is -1.51. The highest BCUT2D eigenvalue weighted by Gasteiger charge is 2.29. The molecule has 0 aromatic carbocycles. The zero-order chi connectivity index (χ0) is 17.6. The van der Waals surface area contributed by atoms with Crippen LogP contribution in [0.5, 0.6) is 0 Å². The van der Waals surface area contributed by atoms with Crippen LogP contribution < -0.4 is 10.0 Å². The van der Waals surface area contributed by atoms with Gasteiger partial charge in [-0.3, -0.25) is 9.78 Å². The van der Waals surface area contributed by atoms with Gasteiger partial charge in [-0.15, -0.1) is 0 Å². The Labute approximate surface area is 143 Å². The molecular weight excluding hydrogens is 328 g/mol. The van der Waals surface area contributed by atoms with Gasteiger partial charge in [0.1, 0.15) is 0 Å². The predicted molar refractivity (Wildman–Crippen MR) is 92.7 cm³/mol. The van der Waals surface area contributed by atoms with Crippen LogP contribution in [0.3, 0.4) is 0 Å². The molecule has 0 spiro atoms. The smallest absolute Gasteiger partial charge is 0.241 e. The van der Waals surface area contributed by atoms with Crippen molar-refractivity contribution in [2.75, 3.05) is 19.3 Å². The Morgan fingerprint density at radius 1 is 1.42 bits per heavy atom. The molecule has 0 bridgehead atoms. The van der Waals surface area contributed by atoms with Crippen LogP contribution >= 0.6 is 0 Å². The Morgan fingerprint density at radius 2 is 2.21 bits per heavy atom. The molecule has 0 saturated carbocycles. The molecule has 0 radical (unpaired) electrons. The van der Waals surface area contributed by atoms with Gasteiger partial charge in [0.15, 0.2) is 0 Å². The standard InChI is InChI=1S/C16H26N4O3S/c1-13(19-24(2,22)23)16(21)20(12-14-6-3-4-10-18-14)15-7-5-9-17-11-8-15/h3-4,6,10,13,15,17,19H,5,7-9,11-12H2,1-2H3. The number of sulfonamides is 1. The Bertz CT molecular complexity index is 628. The minimum absolute atomic E-state index is 0.0818. The first kappa shape index (κ1) is 18.8. The quantitative estimate of drug-likeness (QED) is 0.776. The van der Waals surface area contributed by atoms with E-state index in [9.17, 15) is 13.2 Å². The number of aromatic nitrogens is 1. The van der Waals surface area contributed by atoms with Gasteiger partial charge in [-0.1, -0.05) is 6.07 Å². The van der Waals surface area contributed by atoms with E-state index in [0.29, 0.717) is 6.54 Å². The first-order valence-corrected chi connectivity index (χ1v) is 10.1. The van der Waals surface area contributed by atoms with Gasteiger partial charge in [-0.2, -0.15) is 0 Å². The SMILES string of the molecule is CC(NS(C)(=O)=O)C(=O)N(Cc1ccccn1)C1CCCNCC1. The second-order valence-electron chi connectivity index (χ2n) is 6.23. The van der Waals surface area contributed by atoms with Crippen molar-refractivity contribution in [3.63, 3.8) is 0 Å². The summed E-state index contributed by atoms with van der Waals surface area (Å²) in [6.07, 6.45) is 5.51. The summed E-state index contributed by atoms with van der Waals surface area (Å²) in [7, 11) is -3.44. The number of nitrogens with zero attached hydrogens (tertiary/aromatic N) is 2. The van der Waals surface area contributed by atoms with Crippen LogP contribution in [0.25, 0.3) is 0 Å². The number of carbonyl (C=O) groups is 1. The van der Waals surface area contributed by atoms with Crippen LogP contribution in [0, 0.1) is 0 Å². The van der Waals surface area contributed by atoms with E-state index >= 15 is 0 Å². The highest BCUT2D eigenvalue weighted by Crippen LogP contribution is 2.17. The molecular formula is C16H26N4O3S. The van der Waals surface area contributed by atoms with Crippen molar-refractivity contribution >= 4 is 15.9 Å². The molecule has 2 rings (SSSR count). The highest BCUT2D eigenvalue weighted by atomic mass is 32.2. The third kappa shape index (κ3) is 5.85. The van der Waals surface area contributed by atoms with Crippen molar-refractivity contribution < 1.29 is 13.2 Å². The summed E-state index contributed by atoms with van der Waals surface area (Å²) in [6.45, 7) is 3.77. The Morgan fingerprint density at radius 3 is 2.88 bits per heavy atom. The summed E-state index contributed by atoms with van der Waals surface area (Å²) in [4.78, 5) is 19.0. The molecule has 2 N–H and O–H groups in total. The molecule has 134 valence electrons. The predicted octanol–water partition coefficient (Wildman–Crippen LogP) is 0.490. The zero-order valence-electron chi connectivity index (χ0n) is 14.2. The zero-order valence-corrected chi connectivity index (χ0v) is 15.1. The van der Waals surface area contributed by atoms with Crippen LogP contribution in [0.15, 0.2) is 24.4 Å². The molecule has 1 amide bonds. The van der Waals surface area contributed by atoms with E-state index < -0.39 is 16.1 Å². The molecule has 7 nitrogen and oxygen atoms in total. The van der Waals surface area contributed by atoms with Crippen molar-refractivity contribution in [2.24, 2.45) is 0 Å². The summed E-state index contributed by atoms with van der Waals surface area (Å²) in [5.74, 6) is -0.210. The number of hydrogen-bond donors (Lipinski definition) is 2. The van der Waals surface area contributed by atoms with Crippen LogP contribution in [0.4, 0.5) is 0 Å². The van der Waals surface area contributed by atoms with Crippen molar-refractivity contribution in [3.05, 3.63) is 30.1 Å². The fourth-order valence-electron chi connectivity index (χ4n) is 2.99. The molecule has 1 aliphatic heterocycles. The van der Waals surface area contributed by atoms with E-state index in [1.165, 1.54) is 0 Å². The lowest BCUT2D eigenvalue weighted by Gasteiger charge is -2.33. The molecule has 8 heteroatoms. The van der Waals surface area contributed by atoms with Gasteiger partial charge in [0.2, 0.25) is 15.9 Å². The largest absolute Gasteiger partial charge is 0.332 e. The molecule has 1 saturated heterocycles. The van der Waals surface area contributed by atoms with E-state index in [-0.39, 0.29) is 11.9 Å². The summed E-state index contributed by atoms with van der Waals surface area (Å²) >= 11 is 0. The van der Waals surface area contributed by atoms with Crippen LogP contribution in [-0.2, 0) is 21.4 Å². The molecule has 1 aromatic heterocycles. The first-order chi connectivity index (χ1) is 11.4. The van der Waals surface area contributed by atoms with E-state index in [0.717, 1.165) is 44.3 Å². The summed E-state index contributed by atoms with van der Waals surface area (Å²) in [5, 5.41) is 3.34. The molecule has 2 unspecified atom stereocenters. The first-order valence-electron chi connectivity index (χ1n) is 8.25. The number of hydrogen-bond acceptors (Lipinski definition) is 5. The highest BCUT2D eigenvalue weighted by molar-refractivity contribution is 7.88. The van der Waals surface area contributed by atoms with Crippen molar-refractivity contribution in [1.82, 2.24) is 19.9 Å². The van der Waals surface area contributed by atoms with E-state index in [2.05, 4.69) is 15.0 Å². The molecule has 1 aliphatic rings. The lowest BCUT2D eigenvalue weighted by atomic mass is 10.1. The maximum absolute atomic E-state index is 12.9. The number of rotatable bonds is 6. The van der Waals surface area contributed by atoms with Gasteiger partial charge < -0.3 is 10.2 Å². The minimum atomic E-state index is -3.44. The molecule has 2 heterocycles. The van der Waals surface area contributed by atoms with E-state index in [1.807, 2.05) is 18.2 Å². The third-order valence-electron chi connectivity index (χ3n) is 4.09. The van der Waals surface area contributed by atoms with Crippen LogP contribution in [-0.4, -0.2) is 55.6 Å². The van der Waals surface area contributed by atoms with Crippen molar-refractivity contribution in [1.29, 1.82) is 0 Å². The minimum Gasteiger partial charge on any atom is -0.332 e. The second kappa shape index (κ2) is 8.55. The normalized spacial score (nSPS) is 20.2. The van der Waals surface area contributed by atoms with Gasteiger partial charge in [0, 0.05) is 12.2 Å². The number of amides is 1. The fourth-order valence-corrected chi connectivity index (χ4v) is 3.73. The maximum atomic E-state index is 12.9. The average Bonchev–Trinajstić information content (AvgIpc) is 2.80. The monoisotopic (exact) mass is 354 g/mol. The topological polar surface area (TPSA) is 91.4 Å². The Kier molecular flexibility index (Phi) is 6.70. The van der Waals surface area contributed by atoms with Crippen molar-refractivity contribution in [2.45, 2.75) is 44.8 Å². The van der Waals surface area contributed by atoms with Gasteiger partial charge in [0.05, 0.1) is 24.5 Å². The van der Waals surface area contributed by atoms with Crippen LogP contribution in [0.2, 0.25) is 0 Å². The lowest BCUT2D eigenvalue weighted by Crippen LogP contribution is -2.50. The molecule has 24 heavy (non-hydrogen) atoms. The lowest BCUT2D eigenvalue weighted by molar-refractivity contribution is -0.136. The van der Waals surface area contributed by atoms with Gasteiger partial charge in [-0.25, -0.2) is 13.1 Å². The number of carbonyl (C=O) groups excluding carboxylic acids is 1. The number of nitrogens with one attached hydrogen (secondary N) is 2. The Balaban J connectivity index is 2.18. The fraction of sp³-hybridized carbons (Fsp3) is 0.625. The molecule has 2 atom stereocenters. The maximum Gasteiger partial charge on any atom is 0.241 e. The van der Waals surface area contributed by atoms with Gasteiger partial charge in [0.25, 0.3) is 0 Å². The van der Waals surface area contributed by atoms with E-state index in [1.54, 1.807) is 18.0 Å². The van der Waals surface area contributed by atoms with Crippen molar-refractivity contribution in [3.8, 4) is 0 Å². The molecule has 1 aromatic rings. The summed E-state index contributed by atoms with van der Waals surface area (Å²) < 4.78 is 25.3. The summed E-state index contributed by atoms with van der Waals surface area (Å²) in [6, 6.07) is 4.89. The van der Waals surface area contributed by atoms with Crippen LogP contribution in [0.1, 0.15) is 31.9 Å². The van der Waals surface area contributed by atoms with Gasteiger partial charge >= 0.3 is 0 Å². The molecule has 0 aliphatic carbocycles. The molecule has 1 fully saturated rings. The third-order valence-corrected chi connectivity index (χ3v) is 4.87. The van der Waals surface area contributed by atoms with E-state index in [4.69, 9.17) is 0 Å². The summed E-state index contributed by atoms with van der Waals surface area (Å²) in [5.41, 5.74) is 0.801. The second-order valence-corrected chi connectivity index (χ2v) is 8.01. The average molecular weight is 354 g/mol. The number of pyridine rings is 1.